The topological polar surface area (TPSA) is 67.9 Å². The first kappa shape index (κ1) is 13.5. The molecule has 0 saturated carbocycles. The molecule has 0 spiro atoms. The van der Waals surface area contributed by atoms with Crippen molar-refractivity contribution in [3.05, 3.63) is 23.2 Å². The molecule has 1 aliphatic rings. The molecule has 1 N–H and O–H groups in total. The van der Waals surface area contributed by atoms with E-state index >= 15 is 0 Å². The van der Waals surface area contributed by atoms with Gasteiger partial charge in [-0.3, -0.25) is 9.69 Å². The van der Waals surface area contributed by atoms with Crippen molar-refractivity contribution >= 4 is 29.3 Å². The van der Waals surface area contributed by atoms with E-state index in [9.17, 15) is 9.59 Å². The second kappa shape index (κ2) is 5.79. The van der Waals surface area contributed by atoms with E-state index in [2.05, 4.69) is 5.32 Å². The third-order valence-electron chi connectivity index (χ3n) is 2.62. The van der Waals surface area contributed by atoms with Crippen molar-refractivity contribution in [3.63, 3.8) is 0 Å². The molecule has 102 valence electrons. The maximum Gasteiger partial charge on any atom is 0.410 e. The molecule has 0 aliphatic carbocycles. The first-order valence-corrected chi connectivity index (χ1v) is 6.03. The predicted octanol–water partition coefficient (Wildman–Crippen LogP) is 1.74. The van der Waals surface area contributed by atoms with E-state index in [0.29, 0.717) is 29.6 Å². The average Bonchev–Trinajstić information content (AvgIpc) is 2.75. The molecule has 19 heavy (non-hydrogen) atoms. The minimum Gasteiger partial charge on any atom is -0.495 e. The Morgan fingerprint density at radius 1 is 1.58 bits per heavy atom. The monoisotopic (exact) mass is 284 g/mol. The SMILES string of the molecule is COc1ccc(Cl)cc1NC(=O)CN1CCOC1=O. The van der Waals surface area contributed by atoms with Gasteiger partial charge in [0.1, 0.15) is 18.9 Å². The number of nitrogens with zero attached hydrogens (tertiary/aromatic N) is 1. The third-order valence-corrected chi connectivity index (χ3v) is 2.85. The number of benzene rings is 1. The van der Waals surface area contributed by atoms with Crippen molar-refractivity contribution in [2.45, 2.75) is 0 Å². The molecule has 6 nitrogen and oxygen atoms in total. The highest BCUT2D eigenvalue weighted by atomic mass is 35.5. The Bertz CT molecular complexity index is 507. The first-order valence-electron chi connectivity index (χ1n) is 5.65. The zero-order valence-corrected chi connectivity index (χ0v) is 11.1. The average molecular weight is 285 g/mol. The first-order chi connectivity index (χ1) is 9.10. The van der Waals surface area contributed by atoms with Crippen molar-refractivity contribution in [3.8, 4) is 5.75 Å². The molecule has 1 heterocycles. The van der Waals surface area contributed by atoms with Crippen molar-refractivity contribution in [2.24, 2.45) is 0 Å². The minimum atomic E-state index is -0.479. The highest BCUT2D eigenvalue weighted by Crippen LogP contribution is 2.27. The number of anilines is 1. The smallest absolute Gasteiger partial charge is 0.410 e. The highest BCUT2D eigenvalue weighted by Gasteiger charge is 2.24. The third kappa shape index (κ3) is 3.29. The summed E-state index contributed by atoms with van der Waals surface area (Å²) in [6.45, 7) is 0.667. The predicted molar refractivity (Wildman–Crippen MR) is 69.6 cm³/mol. The van der Waals surface area contributed by atoms with Crippen molar-refractivity contribution < 1.29 is 19.1 Å². The second-order valence-corrected chi connectivity index (χ2v) is 4.37. The Kier molecular flexibility index (Phi) is 4.11. The van der Waals surface area contributed by atoms with Crippen LogP contribution in [0.25, 0.3) is 0 Å². The molecule has 0 unspecified atom stereocenters. The summed E-state index contributed by atoms with van der Waals surface area (Å²) in [5, 5.41) is 3.13. The minimum absolute atomic E-state index is 0.0610. The fraction of sp³-hybridized carbons (Fsp3) is 0.333. The lowest BCUT2D eigenvalue weighted by atomic mass is 10.3. The molecule has 0 aromatic heterocycles. The summed E-state index contributed by atoms with van der Waals surface area (Å²) < 4.78 is 9.86. The number of ether oxygens (including phenoxy) is 2. The summed E-state index contributed by atoms with van der Waals surface area (Å²) in [7, 11) is 1.50. The Morgan fingerprint density at radius 2 is 2.37 bits per heavy atom. The molecule has 7 heteroatoms. The Morgan fingerprint density at radius 3 is 3.00 bits per heavy atom. The number of halogens is 1. The van der Waals surface area contributed by atoms with Crippen LogP contribution in [0, 0.1) is 0 Å². The number of nitrogens with one attached hydrogen (secondary N) is 1. The molecule has 1 fully saturated rings. The molecular formula is C12H13ClN2O4. The Hall–Kier alpha value is -1.95. The number of cyclic esters (lactones) is 1. The van der Waals surface area contributed by atoms with Crippen molar-refractivity contribution in [1.82, 2.24) is 4.90 Å². The van der Waals surface area contributed by atoms with Gasteiger partial charge in [-0.1, -0.05) is 11.6 Å². The summed E-state index contributed by atoms with van der Waals surface area (Å²) in [6.07, 6.45) is -0.479. The summed E-state index contributed by atoms with van der Waals surface area (Å²) in [5.41, 5.74) is 0.465. The molecule has 2 rings (SSSR count). The van der Waals surface area contributed by atoms with Crippen molar-refractivity contribution in [2.75, 3.05) is 32.1 Å². The quantitative estimate of drug-likeness (QED) is 0.914. The van der Waals surface area contributed by atoms with Crippen LogP contribution in [0.2, 0.25) is 5.02 Å². The molecular weight excluding hydrogens is 272 g/mol. The van der Waals surface area contributed by atoms with Crippen LogP contribution in [0.4, 0.5) is 10.5 Å². The van der Waals surface area contributed by atoms with Crippen LogP contribution in [-0.4, -0.2) is 43.7 Å². The van der Waals surface area contributed by atoms with Gasteiger partial charge in [0, 0.05) is 5.02 Å². The number of carbonyl (C=O) groups excluding carboxylic acids is 2. The molecule has 0 bridgehead atoms. The van der Waals surface area contributed by atoms with Gasteiger partial charge in [-0.25, -0.2) is 4.79 Å². The molecule has 0 atom stereocenters. The van der Waals surface area contributed by atoms with Gasteiger partial charge in [-0.15, -0.1) is 0 Å². The van der Waals surface area contributed by atoms with E-state index in [1.165, 1.54) is 12.0 Å². The molecule has 1 aliphatic heterocycles. The van der Waals surface area contributed by atoms with E-state index in [1.54, 1.807) is 18.2 Å². The summed E-state index contributed by atoms with van der Waals surface area (Å²) in [4.78, 5) is 24.4. The summed E-state index contributed by atoms with van der Waals surface area (Å²) in [5.74, 6) is 0.168. The van der Waals surface area contributed by atoms with Crippen LogP contribution >= 0.6 is 11.6 Å². The van der Waals surface area contributed by atoms with Gasteiger partial charge in [-0.05, 0) is 18.2 Å². The van der Waals surface area contributed by atoms with Crippen molar-refractivity contribution in [1.29, 1.82) is 0 Å². The second-order valence-electron chi connectivity index (χ2n) is 3.93. The van der Waals surface area contributed by atoms with Gasteiger partial charge in [0.2, 0.25) is 5.91 Å². The van der Waals surface area contributed by atoms with E-state index in [-0.39, 0.29) is 12.5 Å². The van der Waals surface area contributed by atoms with Crippen LogP contribution in [-0.2, 0) is 9.53 Å². The maximum atomic E-state index is 11.8. The van der Waals surface area contributed by atoms with Gasteiger partial charge in [0.25, 0.3) is 0 Å². The molecule has 1 aromatic rings. The van der Waals surface area contributed by atoms with Gasteiger partial charge < -0.3 is 14.8 Å². The van der Waals surface area contributed by atoms with Crippen LogP contribution in [0.1, 0.15) is 0 Å². The van der Waals surface area contributed by atoms with Gasteiger partial charge in [-0.2, -0.15) is 0 Å². The summed E-state index contributed by atoms with van der Waals surface area (Å²) >= 11 is 5.86. The number of hydrogen-bond acceptors (Lipinski definition) is 4. The van der Waals surface area contributed by atoms with Gasteiger partial charge in [0.15, 0.2) is 0 Å². The largest absolute Gasteiger partial charge is 0.495 e. The van der Waals surface area contributed by atoms with E-state index in [1.807, 2.05) is 0 Å². The molecule has 2 amide bonds. The van der Waals surface area contributed by atoms with Gasteiger partial charge in [0.05, 0.1) is 19.3 Å². The molecule has 1 aromatic carbocycles. The molecule has 1 saturated heterocycles. The van der Waals surface area contributed by atoms with Crippen LogP contribution in [0.3, 0.4) is 0 Å². The lowest BCUT2D eigenvalue weighted by Crippen LogP contribution is -2.33. The highest BCUT2D eigenvalue weighted by molar-refractivity contribution is 6.31. The number of methoxy groups -OCH3 is 1. The maximum absolute atomic E-state index is 11.8. The Balaban J connectivity index is 2.02. The normalized spacial score (nSPS) is 14.2. The lowest BCUT2D eigenvalue weighted by Gasteiger charge is -2.14. The zero-order valence-electron chi connectivity index (χ0n) is 10.3. The van der Waals surface area contributed by atoms with E-state index in [0.717, 1.165) is 0 Å². The van der Waals surface area contributed by atoms with Gasteiger partial charge >= 0.3 is 6.09 Å². The number of hydrogen-bond donors (Lipinski definition) is 1. The number of rotatable bonds is 4. The summed E-state index contributed by atoms with van der Waals surface area (Å²) in [6, 6.07) is 4.90. The molecule has 0 radical (unpaired) electrons. The van der Waals surface area contributed by atoms with Crippen LogP contribution < -0.4 is 10.1 Å². The standard InChI is InChI=1S/C12H13ClN2O4/c1-18-10-3-2-8(13)6-9(10)14-11(16)7-15-4-5-19-12(15)17/h2-3,6H,4-5,7H2,1H3,(H,14,16). The van der Waals surface area contributed by atoms with Crippen LogP contribution in [0.15, 0.2) is 18.2 Å². The zero-order chi connectivity index (χ0) is 13.8. The fourth-order valence-corrected chi connectivity index (χ4v) is 1.88. The van der Waals surface area contributed by atoms with E-state index < -0.39 is 6.09 Å². The number of amides is 2. The van der Waals surface area contributed by atoms with Crippen LogP contribution in [0.5, 0.6) is 5.75 Å². The number of carbonyl (C=O) groups is 2. The fourth-order valence-electron chi connectivity index (χ4n) is 1.71. The lowest BCUT2D eigenvalue weighted by molar-refractivity contribution is -0.116. The Labute approximate surface area is 115 Å². The van der Waals surface area contributed by atoms with E-state index in [4.69, 9.17) is 21.1 Å².